The molecule has 0 aromatic carbocycles. The van der Waals surface area contributed by atoms with Gasteiger partial charge in [-0.25, -0.2) is 0 Å². The van der Waals surface area contributed by atoms with Crippen LogP contribution in [0.15, 0.2) is 10.9 Å². The Hall–Kier alpha value is -1.58. The van der Waals surface area contributed by atoms with Gasteiger partial charge in [-0.05, 0) is 25.8 Å². The van der Waals surface area contributed by atoms with E-state index in [1.807, 2.05) is 18.9 Å². The topological polar surface area (TPSA) is 42.3 Å². The number of anilines is 1. The highest BCUT2D eigenvalue weighted by atomic mass is 16.1. The molecule has 0 unspecified atom stereocenters. The molecule has 86 valence electrons. The van der Waals surface area contributed by atoms with Crippen molar-refractivity contribution in [2.45, 2.75) is 26.8 Å². The van der Waals surface area contributed by atoms with Gasteiger partial charge < -0.3 is 4.90 Å². The van der Waals surface area contributed by atoms with Crippen molar-refractivity contribution in [3.8, 4) is 0 Å². The van der Waals surface area contributed by atoms with Gasteiger partial charge in [0.25, 0.3) is 5.56 Å². The molecule has 4 heteroatoms. The third-order valence-corrected chi connectivity index (χ3v) is 3.07. The summed E-state index contributed by atoms with van der Waals surface area (Å²) in [6.45, 7) is 4.97. The van der Waals surface area contributed by atoms with Crippen molar-refractivity contribution in [3.05, 3.63) is 27.5 Å². The first-order valence-corrected chi connectivity index (χ1v) is 5.49. The molecule has 16 heavy (non-hydrogen) atoms. The minimum absolute atomic E-state index is 0.0101. The molecule has 0 saturated carbocycles. The molecule has 0 fully saturated rings. The van der Waals surface area contributed by atoms with E-state index in [-0.39, 0.29) is 11.3 Å². The quantitative estimate of drug-likeness (QED) is 0.668. The van der Waals surface area contributed by atoms with Crippen LogP contribution in [0.4, 0.5) is 5.82 Å². The Morgan fingerprint density at radius 3 is 2.69 bits per heavy atom. The SMILES string of the molecule is CC(=O)c1c(C)cc(=O)n2c1N(C)CCC2. The van der Waals surface area contributed by atoms with Crippen LogP contribution < -0.4 is 10.5 Å². The molecular weight excluding hydrogens is 204 g/mol. The van der Waals surface area contributed by atoms with E-state index in [4.69, 9.17) is 0 Å². The van der Waals surface area contributed by atoms with Crippen molar-refractivity contribution in [2.75, 3.05) is 18.5 Å². The van der Waals surface area contributed by atoms with Gasteiger partial charge in [-0.3, -0.25) is 14.2 Å². The second-order valence-corrected chi connectivity index (χ2v) is 4.35. The van der Waals surface area contributed by atoms with E-state index in [1.165, 1.54) is 0 Å². The van der Waals surface area contributed by atoms with Crippen molar-refractivity contribution < 1.29 is 4.79 Å². The number of hydrogen-bond acceptors (Lipinski definition) is 3. The molecule has 0 amide bonds. The number of pyridine rings is 1. The van der Waals surface area contributed by atoms with Crippen molar-refractivity contribution >= 4 is 11.6 Å². The third kappa shape index (κ3) is 1.54. The number of hydrogen-bond donors (Lipinski definition) is 0. The molecule has 2 heterocycles. The Bertz CT molecular complexity index is 502. The zero-order chi connectivity index (χ0) is 11.9. The van der Waals surface area contributed by atoms with Gasteiger partial charge in [0.15, 0.2) is 5.78 Å². The van der Waals surface area contributed by atoms with Crippen molar-refractivity contribution in [2.24, 2.45) is 0 Å². The number of rotatable bonds is 1. The average Bonchev–Trinajstić information content (AvgIpc) is 2.19. The summed E-state index contributed by atoms with van der Waals surface area (Å²) in [7, 11) is 1.93. The maximum atomic E-state index is 11.8. The number of carbonyl (C=O) groups is 1. The van der Waals surface area contributed by atoms with Crippen LogP contribution in [0.3, 0.4) is 0 Å². The fraction of sp³-hybridized carbons (Fsp3) is 0.500. The van der Waals surface area contributed by atoms with Gasteiger partial charge in [-0.1, -0.05) is 0 Å². The van der Waals surface area contributed by atoms with Crippen LogP contribution in [0.5, 0.6) is 0 Å². The predicted octanol–water partition coefficient (Wildman–Crippen LogP) is 1.20. The molecule has 0 spiro atoms. The Morgan fingerprint density at radius 1 is 1.38 bits per heavy atom. The minimum Gasteiger partial charge on any atom is -0.360 e. The molecular formula is C12H16N2O2. The van der Waals surface area contributed by atoms with Gasteiger partial charge in [0.1, 0.15) is 5.82 Å². The summed E-state index contributed by atoms with van der Waals surface area (Å²) in [4.78, 5) is 25.5. The first kappa shape index (κ1) is 10.9. The summed E-state index contributed by atoms with van der Waals surface area (Å²) in [5.74, 6) is 0.804. The number of carbonyl (C=O) groups excluding carboxylic acids is 1. The highest BCUT2D eigenvalue weighted by Gasteiger charge is 2.22. The van der Waals surface area contributed by atoms with E-state index in [0.29, 0.717) is 12.1 Å². The van der Waals surface area contributed by atoms with Gasteiger partial charge >= 0.3 is 0 Å². The molecule has 1 aromatic heterocycles. The Labute approximate surface area is 94.5 Å². The second kappa shape index (κ2) is 3.77. The summed E-state index contributed by atoms with van der Waals surface area (Å²) in [6, 6.07) is 1.55. The third-order valence-electron chi connectivity index (χ3n) is 3.07. The van der Waals surface area contributed by atoms with Crippen molar-refractivity contribution in [1.29, 1.82) is 0 Å². The van der Waals surface area contributed by atoms with Gasteiger partial charge in [-0.15, -0.1) is 0 Å². The molecule has 4 nitrogen and oxygen atoms in total. The molecule has 0 atom stereocenters. The summed E-state index contributed by atoms with van der Waals surface area (Å²) in [5, 5.41) is 0. The number of ketones is 1. The molecule has 1 aliphatic heterocycles. The van der Waals surface area contributed by atoms with Crippen molar-refractivity contribution in [3.63, 3.8) is 0 Å². The fourth-order valence-corrected chi connectivity index (χ4v) is 2.37. The van der Waals surface area contributed by atoms with E-state index in [9.17, 15) is 9.59 Å². The smallest absolute Gasteiger partial charge is 0.252 e. The van der Waals surface area contributed by atoms with Crippen LogP contribution in [-0.2, 0) is 6.54 Å². The molecule has 0 radical (unpaired) electrons. The summed E-state index contributed by atoms with van der Waals surface area (Å²) in [6.07, 6.45) is 0.948. The van der Waals surface area contributed by atoms with Crippen LogP contribution in [0.25, 0.3) is 0 Å². The van der Waals surface area contributed by atoms with Crippen LogP contribution in [0, 0.1) is 6.92 Å². The predicted molar refractivity (Wildman–Crippen MR) is 63.3 cm³/mol. The van der Waals surface area contributed by atoms with Crippen LogP contribution in [0.2, 0.25) is 0 Å². The van der Waals surface area contributed by atoms with E-state index < -0.39 is 0 Å². The monoisotopic (exact) mass is 220 g/mol. The Morgan fingerprint density at radius 2 is 2.06 bits per heavy atom. The maximum Gasteiger partial charge on any atom is 0.252 e. The zero-order valence-corrected chi connectivity index (χ0v) is 9.91. The molecule has 1 aromatic rings. The van der Waals surface area contributed by atoms with Gasteiger partial charge in [0.05, 0.1) is 5.56 Å². The van der Waals surface area contributed by atoms with E-state index >= 15 is 0 Å². The number of Topliss-reactive ketones (excluding diaryl/α,β-unsaturated/α-hetero) is 1. The molecule has 2 rings (SSSR count). The van der Waals surface area contributed by atoms with Crippen LogP contribution >= 0.6 is 0 Å². The molecule has 0 N–H and O–H groups in total. The maximum absolute atomic E-state index is 11.8. The molecule has 0 bridgehead atoms. The summed E-state index contributed by atoms with van der Waals surface area (Å²) >= 11 is 0. The fourth-order valence-electron chi connectivity index (χ4n) is 2.37. The van der Waals surface area contributed by atoms with Crippen LogP contribution in [-0.4, -0.2) is 23.9 Å². The Kier molecular flexibility index (Phi) is 2.58. The lowest BCUT2D eigenvalue weighted by molar-refractivity contribution is 0.101. The normalized spacial score (nSPS) is 14.8. The number of fused-ring (bicyclic) bond motifs is 1. The first-order valence-electron chi connectivity index (χ1n) is 5.49. The van der Waals surface area contributed by atoms with Gasteiger partial charge in [0, 0.05) is 26.2 Å². The summed E-state index contributed by atoms with van der Waals surface area (Å²) in [5.41, 5.74) is 1.45. The number of nitrogens with zero attached hydrogens (tertiary/aromatic N) is 2. The lowest BCUT2D eigenvalue weighted by Gasteiger charge is -2.30. The van der Waals surface area contributed by atoms with E-state index in [1.54, 1.807) is 17.6 Å². The van der Waals surface area contributed by atoms with E-state index in [0.717, 1.165) is 24.3 Å². The van der Waals surface area contributed by atoms with Crippen molar-refractivity contribution in [1.82, 2.24) is 4.57 Å². The van der Waals surface area contributed by atoms with E-state index in [2.05, 4.69) is 0 Å². The molecule has 0 aliphatic carbocycles. The molecule has 0 saturated heterocycles. The largest absolute Gasteiger partial charge is 0.360 e. The lowest BCUT2D eigenvalue weighted by Crippen LogP contribution is -2.37. The highest BCUT2D eigenvalue weighted by molar-refractivity contribution is 6.00. The standard InChI is InChI=1S/C12H16N2O2/c1-8-7-10(16)14-6-4-5-13(3)12(14)11(8)9(2)15/h7H,4-6H2,1-3H3. The zero-order valence-electron chi connectivity index (χ0n) is 9.91. The Balaban J connectivity index is 2.79. The van der Waals surface area contributed by atoms with Crippen LogP contribution in [0.1, 0.15) is 29.3 Å². The first-order chi connectivity index (χ1) is 7.52. The molecule has 1 aliphatic rings. The van der Waals surface area contributed by atoms with Gasteiger partial charge in [0.2, 0.25) is 0 Å². The summed E-state index contributed by atoms with van der Waals surface area (Å²) < 4.78 is 1.70. The average molecular weight is 220 g/mol. The van der Waals surface area contributed by atoms with Gasteiger partial charge in [-0.2, -0.15) is 0 Å². The number of aromatic nitrogens is 1. The highest BCUT2D eigenvalue weighted by Crippen LogP contribution is 2.25. The second-order valence-electron chi connectivity index (χ2n) is 4.35. The minimum atomic E-state index is -0.0101. The lowest BCUT2D eigenvalue weighted by atomic mass is 10.0. The number of aryl methyl sites for hydroxylation is 1.